The molecule has 0 saturated heterocycles. The fourth-order valence-electron chi connectivity index (χ4n) is 4.85. The van der Waals surface area contributed by atoms with E-state index in [1.165, 1.54) is 24.3 Å². The summed E-state index contributed by atoms with van der Waals surface area (Å²) in [5.74, 6) is -0.477. The highest BCUT2D eigenvalue weighted by molar-refractivity contribution is 6.19. The van der Waals surface area contributed by atoms with Crippen molar-refractivity contribution in [1.29, 1.82) is 5.26 Å². The maximum Gasteiger partial charge on any atom is 0.271 e. The lowest BCUT2D eigenvalue weighted by Crippen LogP contribution is -2.42. The topological polar surface area (TPSA) is 88.2 Å². The maximum atomic E-state index is 13.8. The monoisotopic (exact) mass is 574 g/mol. The van der Waals surface area contributed by atoms with E-state index in [0.29, 0.717) is 34.9 Å². The number of nitriles is 1. The smallest absolute Gasteiger partial charge is 0.271 e. The summed E-state index contributed by atoms with van der Waals surface area (Å²) in [4.78, 5) is 28.0. The molecule has 0 spiro atoms. The van der Waals surface area contributed by atoms with Crippen molar-refractivity contribution in [1.82, 2.24) is 14.7 Å². The van der Waals surface area contributed by atoms with Gasteiger partial charge in [-0.15, -0.1) is 0 Å². The van der Waals surface area contributed by atoms with Crippen molar-refractivity contribution >= 4 is 17.9 Å². The Kier molecular flexibility index (Phi) is 8.35. The summed E-state index contributed by atoms with van der Waals surface area (Å²) in [5.41, 5.74) is 4.79. The first-order valence-corrected chi connectivity index (χ1v) is 14.0. The molecule has 0 bridgehead atoms. The first-order valence-electron chi connectivity index (χ1n) is 14.0. The fraction of sp³-hybridized carbons (Fsp3) is 0.200. The Balaban J connectivity index is 1.62. The van der Waals surface area contributed by atoms with Crippen LogP contribution in [0.5, 0.6) is 5.75 Å². The number of aryl methyl sites for hydroxylation is 1. The van der Waals surface area contributed by atoms with Crippen LogP contribution < -0.4 is 4.74 Å². The van der Waals surface area contributed by atoms with Crippen LogP contribution in [0.1, 0.15) is 37.5 Å². The van der Waals surface area contributed by atoms with Crippen molar-refractivity contribution in [3.63, 3.8) is 0 Å². The molecule has 8 heteroatoms. The number of carbonyl (C=O) groups excluding carboxylic acids is 2. The van der Waals surface area contributed by atoms with Crippen LogP contribution in [-0.2, 0) is 16.1 Å². The minimum absolute atomic E-state index is 0.0963. The highest BCUT2D eigenvalue weighted by Crippen LogP contribution is 2.33. The van der Waals surface area contributed by atoms with Gasteiger partial charge < -0.3 is 4.74 Å². The number of aromatic nitrogens is 2. The van der Waals surface area contributed by atoms with Crippen molar-refractivity contribution in [3.05, 3.63) is 118 Å². The van der Waals surface area contributed by atoms with E-state index in [4.69, 9.17) is 9.84 Å². The lowest BCUT2D eigenvalue weighted by atomic mass is 9.93. The van der Waals surface area contributed by atoms with Crippen LogP contribution in [0, 0.1) is 30.0 Å². The van der Waals surface area contributed by atoms with Gasteiger partial charge in [-0.05, 0) is 85.0 Å². The summed E-state index contributed by atoms with van der Waals surface area (Å²) in [6.45, 7) is 8.26. The van der Waals surface area contributed by atoms with Crippen LogP contribution in [-0.4, -0.2) is 33.1 Å². The number of nitrogens with zero attached hydrogens (tertiary/aromatic N) is 4. The van der Waals surface area contributed by atoms with Crippen molar-refractivity contribution in [2.24, 2.45) is 5.92 Å². The molecule has 0 unspecified atom stereocenters. The number of amides is 2. The summed E-state index contributed by atoms with van der Waals surface area (Å²) in [6, 6.07) is 23.0. The molecule has 1 aliphatic rings. The van der Waals surface area contributed by atoms with Gasteiger partial charge in [-0.2, -0.15) is 10.4 Å². The average molecular weight is 575 g/mol. The van der Waals surface area contributed by atoms with E-state index in [2.05, 4.69) is 13.8 Å². The van der Waals surface area contributed by atoms with Crippen molar-refractivity contribution in [2.75, 3.05) is 6.61 Å². The number of benzene rings is 3. The molecule has 0 aliphatic carbocycles. The largest absolute Gasteiger partial charge is 0.493 e. The predicted octanol–water partition coefficient (Wildman–Crippen LogP) is 6.81. The Morgan fingerprint density at radius 3 is 2.37 bits per heavy atom. The van der Waals surface area contributed by atoms with Crippen molar-refractivity contribution < 1.29 is 18.7 Å². The van der Waals surface area contributed by atoms with Gasteiger partial charge in [0.2, 0.25) is 0 Å². The highest BCUT2D eigenvalue weighted by atomic mass is 19.1. The molecule has 216 valence electrons. The Morgan fingerprint density at radius 2 is 1.72 bits per heavy atom. The first-order chi connectivity index (χ1) is 20.7. The zero-order chi connectivity index (χ0) is 30.7. The highest BCUT2D eigenvalue weighted by Gasteiger charge is 2.35. The Morgan fingerprint density at radius 1 is 1.00 bits per heavy atom. The standard InChI is InChI=1S/C35H31FN4O3/c1-22(2)21-43-32-15-12-26(16-23(32)3)33-27(20-40(38-33)29-8-6-5-7-9-29)17-30-24(4)31(18-37)35(42)39(34(30)41)19-25-10-13-28(36)14-11-25/h5-17,20,22H,19,21H2,1-4H3/b30-17+. The lowest BCUT2D eigenvalue weighted by Gasteiger charge is -2.27. The molecular formula is C35H31FN4O3. The quantitative estimate of drug-likeness (QED) is 0.170. The van der Waals surface area contributed by atoms with E-state index in [9.17, 15) is 19.2 Å². The van der Waals surface area contributed by atoms with Gasteiger partial charge in [0, 0.05) is 22.9 Å². The Bertz CT molecular complexity index is 1790. The lowest BCUT2D eigenvalue weighted by molar-refractivity contribution is -0.141. The molecule has 4 aromatic rings. The number of carbonyl (C=O) groups is 2. The van der Waals surface area contributed by atoms with Gasteiger partial charge in [0.1, 0.15) is 23.2 Å². The molecule has 0 saturated carbocycles. The molecule has 2 heterocycles. The molecule has 0 radical (unpaired) electrons. The number of hydrogen-bond acceptors (Lipinski definition) is 5. The molecular weight excluding hydrogens is 543 g/mol. The van der Waals surface area contributed by atoms with Crippen molar-refractivity contribution in [3.8, 4) is 28.8 Å². The molecule has 5 rings (SSSR count). The molecule has 2 amide bonds. The van der Waals surface area contributed by atoms with Gasteiger partial charge in [0.05, 0.1) is 24.5 Å². The van der Waals surface area contributed by atoms with Crippen molar-refractivity contribution in [2.45, 2.75) is 34.2 Å². The van der Waals surface area contributed by atoms with E-state index in [1.54, 1.807) is 17.7 Å². The van der Waals surface area contributed by atoms with Crippen LogP contribution >= 0.6 is 0 Å². The van der Waals surface area contributed by atoms with Gasteiger partial charge in [-0.25, -0.2) is 9.07 Å². The Labute approximate surface area is 250 Å². The second kappa shape index (κ2) is 12.3. The van der Waals surface area contributed by atoms with E-state index in [0.717, 1.165) is 27.5 Å². The average Bonchev–Trinajstić information content (AvgIpc) is 3.42. The summed E-state index contributed by atoms with van der Waals surface area (Å²) in [5, 5.41) is 14.8. The van der Waals surface area contributed by atoms with Crippen LogP contribution in [0.15, 0.2) is 95.7 Å². The second-order valence-electron chi connectivity index (χ2n) is 10.9. The summed E-state index contributed by atoms with van der Waals surface area (Å²) in [7, 11) is 0. The predicted molar refractivity (Wildman–Crippen MR) is 162 cm³/mol. The third-order valence-corrected chi connectivity index (χ3v) is 7.16. The maximum absolute atomic E-state index is 13.8. The summed E-state index contributed by atoms with van der Waals surface area (Å²) < 4.78 is 21.2. The van der Waals surface area contributed by atoms with E-state index in [-0.39, 0.29) is 17.7 Å². The van der Waals surface area contributed by atoms with Crippen LogP contribution in [0.3, 0.4) is 0 Å². The number of halogens is 1. The molecule has 0 atom stereocenters. The van der Waals surface area contributed by atoms with Gasteiger partial charge in [-0.3, -0.25) is 14.5 Å². The van der Waals surface area contributed by atoms with E-state index in [1.807, 2.05) is 67.7 Å². The van der Waals surface area contributed by atoms with Gasteiger partial charge in [0.15, 0.2) is 0 Å². The molecule has 7 nitrogen and oxygen atoms in total. The molecule has 1 aliphatic heterocycles. The van der Waals surface area contributed by atoms with E-state index < -0.39 is 17.6 Å². The van der Waals surface area contributed by atoms with Gasteiger partial charge in [-0.1, -0.05) is 44.2 Å². The minimum Gasteiger partial charge on any atom is -0.493 e. The third kappa shape index (κ3) is 6.16. The fourth-order valence-corrected chi connectivity index (χ4v) is 4.85. The molecule has 43 heavy (non-hydrogen) atoms. The normalized spacial score (nSPS) is 14.5. The Hall–Kier alpha value is -5.29. The third-order valence-electron chi connectivity index (χ3n) is 7.16. The first kappa shape index (κ1) is 29.2. The zero-order valence-corrected chi connectivity index (χ0v) is 24.5. The van der Waals surface area contributed by atoms with Crippen LogP contribution in [0.4, 0.5) is 4.39 Å². The number of para-hydroxylation sites is 1. The SMILES string of the molecule is CC1=C(C#N)C(=O)N(Cc2ccc(F)cc2)C(=O)/C1=C/c1cn(-c2ccccc2)nc1-c1ccc(OCC(C)C)c(C)c1. The number of hydrogen-bond donors (Lipinski definition) is 0. The molecule has 0 fully saturated rings. The van der Waals surface area contributed by atoms with E-state index >= 15 is 0 Å². The summed E-state index contributed by atoms with van der Waals surface area (Å²) >= 11 is 0. The number of imide groups is 1. The van der Waals surface area contributed by atoms with Gasteiger partial charge >= 0.3 is 0 Å². The minimum atomic E-state index is -0.681. The van der Waals surface area contributed by atoms with Crippen LogP contribution in [0.25, 0.3) is 23.0 Å². The van der Waals surface area contributed by atoms with Gasteiger partial charge in [0.25, 0.3) is 11.8 Å². The summed E-state index contributed by atoms with van der Waals surface area (Å²) in [6.07, 6.45) is 3.50. The van der Waals surface area contributed by atoms with Crippen LogP contribution in [0.2, 0.25) is 0 Å². The molecule has 1 aromatic heterocycles. The zero-order valence-electron chi connectivity index (χ0n) is 24.5. The second-order valence-corrected chi connectivity index (χ2v) is 10.9. The number of ether oxygens (including phenoxy) is 1. The molecule has 0 N–H and O–H groups in total. The molecule has 3 aromatic carbocycles. The number of rotatable bonds is 8.